The van der Waals surface area contributed by atoms with Crippen molar-refractivity contribution < 1.29 is 19.0 Å². The molecule has 0 radical (unpaired) electrons. The molecule has 1 aromatic heterocycles. The Morgan fingerprint density at radius 2 is 1.60 bits per heavy atom. The highest BCUT2D eigenvalue weighted by Gasteiger charge is 2.41. The summed E-state index contributed by atoms with van der Waals surface area (Å²) in [7, 11) is 4.94. The number of aromatic nitrogens is 2. The molecule has 0 saturated heterocycles. The zero-order valence-electron chi connectivity index (χ0n) is 17.3. The zero-order valence-corrected chi connectivity index (χ0v) is 17.3. The molecule has 3 aromatic rings. The number of methoxy groups -OCH3 is 3. The largest absolute Gasteiger partial charge is 0.497 e. The lowest BCUT2D eigenvalue weighted by Crippen LogP contribution is -2.31. The summed E-state index contributed by atoms with van der Waals surface area (Å²) in [6.45, 7) is 1.19. The molecule has 2 aromatic carbocycles. The predicted molar refractivity (Wildman–Crippen MR) is 113 cm³/mol. The summed E-state index contributed by atoms with van der Waals surface area (Å²) >= 11 is 0. The summed E-state index contributed by atoms with van der Waals surface area (Å²) in [5.74, 6) is 1.50. The van der Waals surface area contributed by atoms with E-state index in [0.717, 1.165) is 40.3 Å². The predicted octanol–water partition coefficient (Wildman–Crippen LogP) is 3.68. The van der Waals surface area contributed by atoms with E-state index >= 15 is 0 Å². The van der Waals surface area contributed by atoms with Gasteiger partial charge in [-0.3, -0.25) is 9.89 Å². The molecular formula is C23H25N3O4. The number of amides is 1. The average Bonchev–Trinajstić information content (AvgIpc) is 3.33. The molecule has 0 aliphatic carbocycles. The number of nitrogens with one attached hydrogen (secondary N) is 1. The van der Waals surface area contributed by atoms with Crippen molar-refractivity contribution in [2.75, 3.05) is 34.5 Å². The number of ether oxygens (including phenoxy) is 3. The van der Waals surface area contributed by atoms with Gasteiger partial charge in [0.15, 0.2) is 0 Å². The van der Waals surface area contributed by atoms with Crippen LogP contribution in [-0.2, 0) is 4.74 Å². The fourth-order valence-corrected chi connectivity index (χ4v) is 3.91. The number of H-pyrrole nitrogens is 1. The van der Waals surface area contributed by atoms with Gasteiger partial charge in [-0.05, 0) is 48.4 Å². The van der Waals surface area contributed by atoms with E-state index in [4.69, 9.17) is 14.2 Å². The van der Waals surface area contributed by atoms with Crippen molar-refractivity contribution in [3.63, 3.8) is 0 Å². The van der Waals surface area contributed by atoms with Gasteiger partial charge in [0.1, 0.15) is 17.2 Å². The van der Waals surface area contributed by atoms with Gasteiger partial charge >= 0.3 is 0 Å². The minimum atomic E-state index is -0.230. The summed E-state index contributed by atoms with van der Waals surface area (Å²) in [5.41, 5.74) is 4.15. The highest BCUT2D eigenvalue weighted by Crippen LogP contribution is 2.43. The summed E-state index contributed by atoms with van der Waals surface area (Å²) in [6, 6.07) is 15.3. The van der Waals surface area contributed by atoms with Gasteiger partial charge in [-0.15, -0.1) is 0 Å². The third-order valence-electron chi connectivity index (χ3n) is 5.41. The normalized spacial score (nSPS) is 15.4. The van der Waals surface area contributed by atoms with Crippen LogP contribution in [0.5, 0.6) is 11.5 Å². The molecule has 7 nitrogen and oxygen atoms in total. The molecule has 7 heteroatoms. The molecule has 30 heavy (non-hydrogen) atoms. The third-order valence-corrected chi connectivity index (χ3v) is 5.41. The van der Waals surface area contributed by atoms with Crippen molar-refractivity contribution in [3.8, 4) is 22.8 Å². The van der Waals surface area contributed by atoms with Crippen molar-refractivity contribution >= 4 is 5.91 Å². The second-order valence-corrected chi connectivity index (χ2v) is 7.11. The maximum Gasteiger partial charge on any atom is 0.273 e. The van der Waals surface area contributed by atoms with Gasteiger partial charge in [0.05, 0.1) is 26.0 Å². The number of carbonyl (C=O) groups excluding carboxylic acids is 1. The standard InChI is InChI=1S/C23H25N3O4/c1-28-14-4-13-26-22(16-7-11-18(30-3)12-8-16)19-20(24-25-21(19)23(26)27)15-5-9-17(29-2)10-6-15/h5-12,22H,4,13-14H2,1-3H3,(H,24,25). The van der Waals surface area contributed by atoms with Gasteiger partial charge in [0, 0.05) is 31.4 Å². The van der Waals surface area contributed by atoms with E-state index in [1.165, 1.54) is 0 Å². The van der Waals surface area contributed by atoms with Crippen molar-refractivity contribution in [1.82, 2.24) is 15.1 Å². The molecule has 1 aliphatic rings. The first-order valence-electron chi connectivity index (χ1n) is 9.84. The summed E-state index contributed by atoms with van der Waals surface area (Å²) < 4.78 is 15.8. The molecule has 1 aliphatic heterocycles. The molecule has 0 fully saturated rings. The SMILES string of the molecule is COCCCN1C(=O)c2[nH]nc(-c3ccc(OC)cc3)c2C1c1ccc(OC)cc1. The summed E-state index contributed by atoms with van der Waals surface area (Å²) in [5, 5.41) is 7.47. The molecule has 2 heterocycles. The van der Waals surface area contributed by atoms with E-state index in [1.807, 2.05) is 53.4 Å². The molecular weight excluding hydrogens is 382 g/mol. The van der Waals surface area contributed by atoms with Gasteiger partial charge in [0.2, 0.25) is 0 Å². The molecule has 0 spiro atoms. The lowest BCUT2D eigenvalue weighted by molar-refractivity contribution is 0.0723. The highest BCUT2D eigenvalue weighted by molar-refractivity contribution is 6.00. The quantitative estimate of drug-likeness (QED) is 0.577. The first-order chi connectivity index (χ1) is 14.7. The smallest absolute Gasteiger partial charge is 0.273 e. The van der Waals surface area contributed by atoms with Crippen molar-refractivity contribution in [2.24, 2.45) is 0 Å². The third kappa shape index (κ3) is 3.52. The molecule has 1 unspecified atom stereocenters. The Morgan fingerprint density at radius 3 is 2.20 bits per heavy atom. The molecule has 1 atom stereocenters. The van der Waals surface area contributed by atoms with Gasteiger partial charge in [-0.2, -0.15) is 5.10 Å². The van der Waals surface area contributed by atoms with Crippen LogP contribution in [0.1, 0.15) is 34.1 Å². The van der Waals surface area contributed by atoms with E-state index in [2.05, 4.69) is 10.2 Å². The minimum absolute atomic E-state index is 0.0471. The van der Waals surface area contributed by atoms with Crippen LogP contribution in [0.25, 0.3) is 11.3 Å². The Hall–Kier alpha value is -3.32. The lowest BCUT2D eigenvalue weighted by atomic mass is 9.96. The van der Waals surface area contributed by atoms with Gasteiger partial charge < -0.3 is 19.1 Å². The van der Waals surface area contributed by atoms with Crippen molar-refractivity contribution in [2.45, 2.75) is 12.5 Å². The number of rotatable bonds is 8. The van der Waals surface area contributed by atoms with Crippen LogP contribution in [-0.4, -0.2) is 55.5 Å². The Balaban J connectivity index is 1.78. The number of hydrogen-bond acceptors (Lipinski definition) is 5. The van der Waals surface area contributed by atoms with Crippen LogP contribution >= 0.6 is 0 Å². The van der Waals surface area contributed by atoms with Crippen molar-refractivity contribution in [1.29, 1.82) is 0 Å². The topological polar surface area (TPSA) is 76.7 Å². The van der Waals surface area contributed by atoms with Crippen LogP contribution in [0.4, 0.5) is 0 Å². The Kier molecular flexibility index (Phi) is 5.72. The van der Waals surface area contributed by atoms with E-state index in [9.17, 15) is 4.79 Å². The monoisotopic (exact) mass is 407 g/mol. The first kappa shape index (κ1) is 20.0. The Bertz CT molecular complexity index is 1010. The number of carbonyl (C=O) groups is 1. The Labute approximate surface area is 175 Å². The van der Waals surface area contributed by atoms with Crippen LogP contribution in [0.3, 0.4) is 0 Å². The lowest BCUT2D eigenvalue weighted by Gasteiger charge is -2.26. The Morgan fingerprint density at radius 1 is 0.967 bits per heavy atom. The zero-order chi connectivity index (χ0) is 21.1. The highest BCUT2D eigenvalue weighted by atomic mass is 16.5. The second-order valence-electron chi connectivity index (χ2n) is 7.11. The molecule has 4 rings (SSSR count). The maximum atomic E-state index is 13.2. The van der Waals surface area contributed by atoms with E-state index < -0.39 is 0 Å². The van der Waals surface area contributed by atoms with Crippen LogP contribution in [0.2, 0.25) is 0 Å². The number of fused-ring (bicyclic) bond motifs is 1. The molecule has 0 bridgehead atoms. The summed E-state index contributed by atoms with van der Waals surface area (Å²) in [4.78, 5) is 15.1. The average molecular weight is 407 g/mol. The minimum Gasteiger partial charge on any atom is -0.497 e. The van der Waals surface area contributed by atoms with E-state index in [0.29, 0.717) is 18.8 Å². The van der Waals surface area contributed by atoms with Crippen LogP contribution in [0, 0.1) is 0 Å². The number of hydrogen-bond donors (Lipinski definition) is 1. The van der Waals surface area contributed by atoms with Crippen molar-refractivity contribution in [3.05, 3.63) is 65.4 Å². The number of benzene rings is 2. The van der Waals surface area contributed by atoms with Crippen LogP contribution in [0.15, 0.2) is 48.5 Å². The summed E-state index contributed by atoms with van der Waals surface area (Å²) in [6.07, 6.45) is 0.754. The maximum absolute atomic E-state index is 13.2. The molecule has 1 N–H and O–H groups in total. The fraction of sp³-hybridized carbons (Fsp3) is 0.304. The molecule has 156 valence electrons. The van der Waals surface area contributed by atoms with E-state index in [1.54, 1.807) is 21.3 Å². The van der Waals surface area contributed by atoms with Gasteiger partial charge in [-0.1, -0.05) is 12.1 Å². The second kappa shape index (κ2) is 8.59. The number of aromatic amines is 1. The van der Waals surface area contributed by atoms with Gasteiger partial charge in [0.25, 0.3) is 5.91 Å². The van der Waals surface area contributed by atoms with E-state index in [-0.39, 0.29) is 11.9 Å². The molecule has 0 saturated carbocycles. The number of nitrogens with zero attached hydrogens (tertiary/aromatic N) is 2. The first-order valence-corrected chi connectivity index (χ1v) is 9.84. The fourth-order valence-electron chi connectivity index (χ4n) is 3.91. The molecule has 1 amide bonds. The van der Waals surface area contributed by atoms with Crippen LogP contribution < -0.4 is 9.47 Å². The van der Waals surface area contributed by atoms with Gasteiger partial charge in [-0.25, -0.2) is 0 Å².